The van der Waals surface area contributed by atoms with Crippen LogP contribution in [0.3, 0.4) is 0 Å². The zero-order valence-electron chi connectivity index (χ0n) is 18.3. The van der Waals surface area contributed by atoms with Gasteiger partial charge >= 0.3 is 0 Å². The Hall–Kier alpha value is -2.41. The highest BCUT2D eigenvalue weighted by atomic mass is 32.1. The van der Waals surface area contributed by atoms with Crippen LogP contribution in [-0.4, -0.2) is 40.1 Å². The number of rotatable bonds is 4. The first-order chi connectivity index (χ1) is 15.9. The van der Waals surface area contributed by atoms with Crippen molar-refractivity contribution >= 4 is 42.5 Å². The van der Waals surface area contributed by atoms with E-state index in [-0.39, 0.29) is 17.4 Å². The van der Waals surface area contributed by atoms with Gasteiger partial charge in [-0.3, -0.25) is 9.69 Å². The number of thiol groups is 2. The monoisotopic (exact) mass is 482 g/mol. The molecule has 33 heavy (non-hydrogen) atoms. The number of nitrogens with zero attached hydrogens (tertiary/aromatic N) is 4. The van der Waals surface area contributed by atoms with E-state index in [1.807, 2.05) is 37.3 Å². The number of pyridine rings is 1. The third kappa shape index (κ3) is 3.84. The van der Waals surface area contributed by atoms with Gasteiger partial charge in [0.25, 0.3) is 5.91 Å². The summed E-state index contributed by atoms with van der Waals surface area (Å²) >= 11 is 9.27. The summed E-state index contributed by atoms with van der Waals surface area (Å²) in [5.74, 6) is 0.820. The first-order valence-electron chi connectivity index (χ1n) is 11.2. The molecular weight excluding hydrogens is 456 g/mol. The third-order valence-electron chi connectivity index (χ3n) is 6.80. The highest BCUT2D eigenvalue weighted by molar-refractivity contribution is 7.81. The van der Waals surface area contributed by atoms with Gasteiger partial charge in [-0.25, -0.2) is 4.98 Å². The van der Waals surface area contributed by atoms with Crippen LogP contribution in [0.1, 0.15) is 43.4 Å². The molecule has 3 heterocycles. The molecule has 1 aliphatic carbocycles. The normalized spacial score (nSPS) is 26.2. The standard InChI is InChI=1S/C24H26N4O3S2/c1-15-11-17(14-26-20(15)13-25)27-22(29)24(8-2-9-24)28(23(27)33)16-3-5-18(6-4-16)31-19-7-10-30-21(32)12-19/h3-6,11,14,19,21,23,32-33H,2,7-10,12H2,1H3. The van der Waals surface area contributed by atoms with Crippen LogP contribution >= 0.6 is 25.3 Å². The van der Waals surface area contributed by atoms with Crippen molar-refractivity contribution in [2.45, 2.75) is 61.6 Å². The predicted molar refractivity (Wildman–Crippen MR) is 132 cm³/mol. The Morgan fingerprint density at radius 1 is 1.24 bits per heavy atom. The Bertz CT molecular complexity index is 1100. The summed E-state index contributed by atoms with van der Waals surface area (Å²) in [6.45, 7) is 2.48. The van der Waals surface area contributed by atoms with Crippen molar-refractivity contribution in [1.82, 2.24) is 4.98 Å². The summed E-state index contributed by atoms with van der Waals surface area (Å²) < 4.78 is 11.6. The molecule has 0 N–H and O–H groups in total. The molecule has 3 fully saturated rings. The van der Waals surface area contributed by atoms with Crippen molar-refractivity contribution in [3.05, 3.63) is 47.8 Å². The summed E-state index contributed by atoms with van der Waals surface area (Å²) in [4.78, 5) is 21.7. The lowest BCUT2D eigenvalue weighted by molar-refractivity contribution is -0.124. The molecule has 3 aliphatic rings. The Kier molecular flexibility index (Phi) is 5.93. The van der Waals surface area contributed by atoms with E-state index in [0.717, 1.165) is 49.1 Å². The SMILES string of the molecule is Cc1cc(N2C(=O)C3(CCC3)N(c3ccc(OC4CCOC(S)C4)cc3)C2S)cnc1C#N. The van der Waals surface area contributed by atoms with E-state index in [4.69, 9.17) is 22.1 Å². The molecule has 5 rings (SSSR count). The minimum absolute atomic E-state index is 0.0296. The zero-order valence-corrected chi connectivity index (χ0v) is 20.1. The summed E-state index contributed by atoms with van der Waals surface area (Å²) in [6, 6.07) is 11.8. The number of ether oxygens (including phenoxy) is 2. The van der Waals surface area contributed by atoms with Crippen LogP contribution < -0.4 is 14.5 Å². The fraction of sp³-hybridized carbons (Fsp3) is 0.458. The number of carbonyl (C=O) groups excluding carboxylic acids is 1. The van der Waals surface area contributed by atoms with Gasteiger partial charge in [-0.15, -0.1) is 25.3 Å². The number of nitriles is 1. The molecule has 1 saturated carbocycles. The van der Waals surface area contributed by atoms with Crippen LogP contribution in [0.25, 0.3) is 0 Å². The van der Waals surface area contributed by atoms with E-state index in [0.29, 0.717) is 18.0 Å². The predicted octanol–water partition coefficient (Wildman–Crippen LogP) is 4.06. The molecule has 0 radical (unpaired) electrons. The molecule has 2 aliphatic heterocycles. The smallest absolute Gasteiger partial charge is 0.255 e. The third-order valence-corrected chi connectivity index (χ3v) is 7.62. The van der Waals surface area contributed by atoms with Crippen molar-refractivity contribution in [2.75, 3.05) is 16.4 Å². The molecule has 2 aromatic rings. The number of amides is 1. The van der Waals surface area contributed by atoms with Gasteiger partial charge in [0, 0.05) is 18.5 Å². The molecule has 2 saturated heterocycles. The lowest BCUT2D eigenvalue weighted by atomic mass is 9.75. The molecule has 0 bridgehead atoms. The van der Waals surface area contributed by atoms with E-state index in [2.05, 4.69) is 28.6 Å². The average Bonchev–Trinajstić information content (AvgIpc) is 3.01. The van der Waals surface area contributed by atoms with Crippen molar-refractivity contribution in [1.29, 1.82) is 5.26 Å². The molecule has 1 amide bonds. The molecule has 1 aromatic carbocycles. The quantitative estimate of drug-likeness (QED) is 0.640. The molecule has 1 aromatic heterocycles. The number of aryl methyl sites for hydroxylation is 1. The molecule has 172 valence electrons. The number of hydrogen-bond donors (Lipinski definition) is 2. The second-order valence-corrected chi connectivity index (χ2v) is 9.87. The number of carbonyl (C=O) groups is 1. The summed E-state index contributed by atoms with van der Waals surface area (Å²) in [7, 11) is 0. The fourth-order valence-corrected chi connectivity index (χ4v) is 5.84. The number of anilines is 2. The number of hydrogen-bond acceptors (Lipinski definition) is 8. The van der Waals surface area contributed by atoms with Gasteiger partial charge in [0.05, 0.1) is 18.5 Å². The van der Waals surface area contributed by atoms with Crippen LogP contribution in [0.4, 0.5) is 11.4 Å². The maximum Gasteiger partial charge on any atom is 0.255 e. The van der Waals surface area contributed by atoms with Crippen LogP contribution in [0.2, 0.25) is 0 Å². The lowest BCUT2D eigenvalue weighted by Crippen LogP contribution is -2.55. The van der Waals surface area contributed by atoms with Crippen LogP contribution in [0.15, 0.2) is 36.5 Å². The highest BCUT2D eigenvalue weighted by Crippen LogP contribution is 2.50. The van der Waals surface area contributed by atoms with Gasteiger partial charge in [0.2, 0.25) is 0 Å². The van der Waals surface area contributed by atoms with Crippen molar-refractivity contribution in [3.63, 3.8) is 0 Å². The Morgan fingerprint density at radius 2 is 2.00 bits per heavy atom. The Balaban J connectivity index is 1.41. The minimum atomic E-state index is -0.601. The van der Waals surface area contributed by atoms with Gasteiger partial charge in [-0.1, -0.05) is 0 Å². The van der Waals surface area contributed by atoms with E-state index < -0.39 is 11.0 Å². The molecular formula is C24H26N4O3S2. The van der Waals surface area contributed by atoms with E-state index in [9.17, 15) is 10.1 Å². The first-order valence-corrected chi connectivity index (χ1v) is 12.2. The van der Waals surface area contributed by atoms with E-state index in [1.165, 1.54) is 0 Å². The van der Waals surface area contributed by atoms with Gasteiger partial charge < -0.3 is 14.4 Å². The second-order valence-electron chi connectivity index (χ2n) is 8.83. The molecule has 9 heteroatoms. The van der Waals surface area contributed by atoms with Crippen molar-refractivity contribution in [3.8, 4) is 11.8 Å². The van der Waals surface area contributed by atoms with Gasteiger partial charge in [0.1, 0.15) is 34.6 Å². The Labute approximate surface area is 204 Å². The first kappa shape index (κ1) is 22.4. The maximum absolute atomic E-state index is 13.6. The number of benzene rings is 1. The zero-order chi connectivity index (χ0) is 23.2. The average molecular weight is 483 g/mol. The van der Waals surface area contributed by atoms with E-state index >= 15 is 0 Å². The maximum atomic E-state index is 13.6. The number of aromatic nitrogens is 1. The van der Waals surface area contributed by atoms with Gasteiger partial charge in [-0.05, 0) is 62.1 Å². The lowest BCUT2D eigenvalue weighted by Gasteiger charge is -2.44. The minimum Gasteiger partial charge on any atom is -0.490 e. The largest absolute Gasteiger partial charge is 0.490 e. The van der Waals surface area contributed by atoms with Crippen molar-refractivity contribution < 1.29 is 14.3 Å². The van der Waals surface area contributed by atoms with Gasteiger partial charge in [-0.2, -0.15) is 5.26 Å². The molecule has 3 unspecified atom stereocenters. The molecule has 7 nitrogen and oxygen atoms in total. The van der Waals surface area contributed by atoms with Crippen molar-refractivity contribution in [2.24, 2.45) is 0 Å². The van der Waals surface area contributed by atoms with Crippen LogP contribution in [0, 0.1) is 18.3 Å². The second kappa shape index (κ2) is 8.75. The summed E-state index contributed by atoms with van der Waals surface area (Å²) in [5.41, 5.74) is 1.52. The van der Waals surface area contributed by atoms with Crippen LogP contribution in [-0.2, 0) is 9.53 Å². The van der Waals surface area contributed by atoms with E-state index in [1.54, 1.807) is 11.1 Å². The van der Waals surface area contributed by atoms with Gasteiger partial charge in [0.15, 0.2) is 5.50 Å². The summed E-state index contributed by atoms with van der Waals surface area (Å²) in [6.07, 6.45) is 5.82. The molecule has 3 atom stereocenters. The summed E-state index contributed by atoms with van der Waals surface area (Å²) in [5, 5.41) is 9.20. The van der Waals surface area contributed by atoms with Crippen LogP contribution in [0.5, 0.6) is 5.75 Å². The topological polar surface area (TPSA) is 78.7 Å². The molecule has 1 spiro atoms. The Morgan fingerprint density at radius 3 is 2.61 bits per heavy atom. The fourth-order valence-electron chi connectivity index (χ4n) is 4.91. The highest BCUT2D eigenvalue weighted by Gasteiger charge is 2.60.